The van der Waals surface area contributed by atoms with Crippen molar-refractivity contribution in [3.05, 3.63) is 107 Å². The molecule has 0 aromatic heterocycles. The first kappa shape index (κ1) is 23.9. The van der Waals surface area contributed by atoms with Crippen molar-refractivity contribution >= 4 is 21.7 Å². The zero-order valence-electron chi connectivity index (χ0n) is 19.6. The van der Waals surface area contributed by atoms with Crippen LogP contribution in [0.2, 0.25) is 0 Å². The van der Waals surface area contributed by atoms with Gasteiger partial charge in [-0.3, -0.25) is 9.59 Å². The number of nitrogens with zero attached hydrogens (tertiary/aromatic N) is 1. The van der Waals surface area contributed by atoms with Crippen LogP contribution in [0.5, 0.6) is 0 Å². The number of ketones is 1. The summed E-state index contributed by atoms with van der Waals surface area (Å²) in [6.07, 6.45) is 0.431. The Balaban J connectivity index is 1.61. The van der Waals surface area contributed by atoms with Crippen LogP contribution in [0.3, 0.4) is 0 Å². The molecular formula is C28H29NO4S. The highest BCUT2D eigenvalue weighted by atomic mass is 32.2. The summed E-state index contributed by atoms with van der Waals surface area (Å²) in [6.45, 7) is 5.17. The molecule has 4 rings (SSSR count). The van der Waals surface area contributed by atoms with Gasteiger partial charge in [0.25, 0.3) is 0 Å². The summed E-state index contributed by atoms with van der Waals surface area (Å²) in [6, 6.07) is 26.2. The van der Waals surface area contributed by atoms with Gasteiger partial charge in [-0.25, -0.2) is 12.7 Å². The van der Waals surface area contributed by atoms with Gasteiger partial charge in [0, 0.05) is 5.56 Å². The minimum Gasteiger partial charge on any atom is -0.293 e. The number of carbonyl (C=O) groups excluding carboxylic acids is 2. The molecule has 1 heterocycles. The third-order valence-electron chi connectivity index (χ3n) is 6.18. The molecule has 1 fully saturated rings. The first-order valence-electron chi connectivity index (χ1n) is 11.4. The molecule has 2 atom stereocenters. The number of carbonyl (C=O) groups is 2. The number of benzene rings is 3. The minimum absolute atomic E-state index is 0.0423. The second-order valence-corrected chi connectivity index (χ2v) is 11.7. The molecule has 0 saturated carbocycles. The lowest BCUT2D eigenvalue weighted by Gasteiger charge is -2.30. The average Bonchev–Trinajstić information content (AvgIpc) is 3.07. The van der Waals surface area contributed by atoms with E-state index >= 15 is 0 Å². The van der Waals surface area contributed by atoms with Crippen LogP contribution in [0, 0.1) is 0 Å². The highest BCUT2D eigenvalue weighted by Gasteiger charge is 2.49. The molecule has 6 heteroatoms. The van der Waals surface area contributed by atoms with Crippen molar-refractivity contribution in [3.63, 3.8) is 0 Å². The standard InChI is InChI=1S/C28H29NO4S/c1-28(2,3)29-26(30)19-25(34(29,32)33)22-16-14-20(15-17-22)18-24(21-10-6-4-7-11-21)27(31)23-12-8-5-9-13-23/h4-17,24-25H,18-19H2,1-3H3. The predicted molar refractivity (Wildman–Crippen MR) is 133 cm³/mol. The minimum atomic E-state index is -3.79. The van der Waals surface area contributed by atoms with Crippen LogP contribution >= 0.6 is 0 Å². The Bertz CT molecular complexity index is 1280. The number of Topliss-reactive ketones (excluding diaryl/α,β-unsaturated/α-hetero) is 1. The van der Waals surface area contributed by atoms with E-state index in [2.05, 4.69) is 0 Å². The van der Waals surface area contributed by atoms with Gasteiger partial charge in [-0.05, 0) is 43.9 Å². The molecule has 3 aromatic carbocycles. The summed E-state index contributed by atoms with van der Waals surface area (Å²) >= 11 is 0. The molecule has 1 aliphatic rings. The van der Waals surface area contributed by atoms with E-state index in [4.69, 9.17) is 0 Å². The third kappa shape index (κ3) is 4.68. The SMILES string of the molecule is CC(C)(C)N1C(=O)CC(c2ccc(CC(C(=O)c3ccccc3)c3ccccc3)cc2)S1(=O)=O. The second-order valence-electron chi connectivity index (χ2n) is 9.71. The number of sulfonamides is 1. The maximum absolute atomic E-state index is 13.4. The highest BCUT2D eigenvalue weighted by molar-refractivity contribution is 7.90. The fourth-order valence-electron chi connectivity index (χ4n) is 4.62. The van der Waals surface area contributed by atoms with Crippen LogP contribution in [0.1, 0.15) is 65.4 Å². The average molecular weight is 476 g/mol. The molecule has 1 saturated heterocycles. The Morgan fingerprint density at radius 3 is 2.00 bits per heavy atom. The van der Waals surface area contributed by atoms with Crippen molar-refractivity contribution in [1.82, 2.24) is 4.31 Å². The molecule has 0 bridgehead atoms. The number of hydrogen-bond donors (Lipinski definition) is 0. The molecule has 34 heavy (non-hydrogen) atoms. The van der Waals surface area contributed by atoms with E-state index in [1.807, 2.05) is 72.8 Å². The van der Waals surface area contributed by atoms with E-state index in [0.29, 0.717) is 17.5 Å². The smallest absolute Gasteiger partial charge is 0.245 e. The van der Waals surface area contributed by atoms with Crippen LogP contribution in [0.15, 0.2) is 84.9 Å². The molecule has 2 unspecified atom stereocenters. The molecule has 0 spiro atoms. The molecule has 5 nitrogen and oxygen atoms in total. The fraction of sp³-hybridized carbons (Fsp3) is 0.286. The Morgan fingerprint density at radius 1 is 0.912 bits per heavy atom. The van der Waals surface area contributed by atoms with Crippen LogP contribution in [-0.4, -0.2) is 30.0 Å². The summed E-state index contributed by atoms with van der Waals surface area (Å²) in [7, 11) is -3.79. The maximum atomic E-state index is 13.4. The topological polar surface area (TPSA) is 71.5 Å². The summed E-state index contributed by atoms with van der Waals surface area (Å²) < 4.78 is 27.2. The van der Waals surface area contributed by atoms with Gasteiger partial charge in [-0.15, -0.1) is 0 Å². The lowest BCUT2D eigenvalue weighted by molar-refractivity contribution is -0.128. The van der Waals surface area contributed by atoms with Crippen molar-refractivity contribution in [3.8, 4) is 0 Å². The van der Waals surface area contributed by atoms with Crippen LogP contribution in [0.25, 0.3) is 0 Å². The molecule has 3 aromatic rings. The van der Waals surface area contributed by atoms with Crippen LogP contribution in [-0.2, 0) is 21.2 Å². The molecule has 1 amide bonds. The van der Waals surface area contributed by atoms with E-state index in [1.54, 1.807) is 32.9 Å². The van der Waals surface area contributed by atoms with Gasteiger partial charge in [0.2, 0.25) is 15.9 Å². The Hall–Kier alpha value is -3.25. The quantitative estimate of drug-likeness (QED) is 0.454. The summed E-state index contributed by atoms with van der Waals surface area (Å²) in [5.41, 5.74) is 2.31. The highest BCUT2D eigenvalue weighted by Crippen LogP contribution is 2.40. The largest absolute Gasteiger partial charge is 0.293 e. The number of hydrogen-bond acceptors (Lipinski definition) is 4. The lowest BCUT2D eigenvalue weighted by atomic mass is 9.85. The normalized spacial score (nSPS) is 18.6. The molecular weight excluding hydrogens is 446 g/mol. The molecule has 0 radical (unpaired) electrons. The second kappa shape index (κ2) is 9.18. The van der Waals surface area contributed by atoms with Crippen molar-refractivity contribution in [2.75, 3.05) is 0 Å². The molecule has 0 N–H and O–H groups in total. The zero-order chi connectivity index (χ0) is 24.5. The zero-order valence-corrected chi connectivity index (χ0v) is 20.5. The summed E-state index contributed by atoms with van der Waals surface area (Å²) in [4.78, 5) is 25.9. The van der Waals surface area contributed by atoms with Crippen molar-refractivity contribution < 1.29 is 18.0 Å². The Morgan fingerprint density at radius 2 is 1.47 bits per heavy atom. The fourth-order valence-corrected chi connectivity index (χ4v) is 6.85. The van der Waals surface area contributed by atoms with Gasteiger partial charge in [-0.1, -0.05) is 84.9 Å². The van der Waals surface area contributed by atoms with E-state index in [9.17, 15) is 18.0 Å². The summed E-state index contributed by atoms with van der Waals surface area (Å²) in [5.74, 6) is -0.692. The van der Waals surface area contributed by atoms with Crippen molar-refractivity contribution in [1.29, 1.82) is 0 Å². The van der Waals surface area contributed by atoms with E-state index in [-0.39, 0.29) is 24.0 Å². The Labute approximate surface area is 201 Å². The van der Waals surface area contributed by atoms with Gasteiger partial charge in [0.1, 0.15) is 5.25 Å². The Kier molecular flexibility index (Phi) is 6.45. The van der Waals surface area contributed by atoms with Crippen molar-refractivity contribution in [2.45, 2.75) is 50.3 Å². The van der Waals surface area contributed by atoms with E-state index in [0.717, 1.165) is 15.4 Å². The lowest BCUT2D eigenvalue weighted by Crippen LogP contribution is -2.45. The first-order valence-corrected chi connectivity index (χ1v) is 12.9. The summed E-state index contributed by atoms with van der Waals surface area (Å²) in [5, 5.41) is -0.885. The third-order valence-corrected chi connectivity index (χ3v) is 8.60. The predicted octanol–water partition coefficient (Wildman–Crippen LogP) is 5.30. The monoisotopic (exact) mass is 475 g/mol. The number of rotatable bonds is 6. The number of amides is 1. The van der Waals surface area contributed by atoms with E-state index in [1.165, 1.54) is 0 Å². The van der Waals surface area contributed by atoms with Gasteiger partial charge in [0.05, 0.1) is 17.9 Å². The molecule has 0 aliphatic carbocycles. The van der Waals surface area contributed by atoms with Gasteiger partial charge in [0.15, 0.2) is 5.78 Å². The van der Waals surface area contributed by atoms with Gasteiger partial charge < -0.3 is 0 Å². The molecule has 176 valence electrons. The maximum Gasteiger partial charge on any atom is 0.245 e. The van der Waals surface area contributed by atoms with E-state index < -0.39 is 20.8 Å². The van der Waals surface area contributed by atoms with Crippen LogP contribution in [0.4, 0.5) is 0 Å². The van der Waals surface area contributed by atoms with Crippen LogP contribution < -0.4 is 0 Å². The van der Waals surface area contributed by atoms with Crippen molar-refractivity contribution in [2.24, 2.45) is 0 Å². The first-order chi connectivity index (χ1) is 16.1. The molecule has 1 aliphatic heterocycles. The van der Waals surface area contributed by atoms with Gasteiger partial charge >= 0.3 is 0 Å². The van der Waals surface area contributed by atoms with Gasteiger partial charge in [-0.2, -0.15) is 0 Å².